The van der Waals surface area contributed by atoms with Crippen LogP contribution in [0.25, 0.3) is 0 Å². The van der Waals surface area contributed by atoms with Crippen LogP contribution >= 0.6 is 0 Å². The second-order valence-electron chi connectivity index (χ2n) is 4.74. The number of rotatable bonds is 6. The molecule has 0 radical (unpaired) electrons. The van der Waals surface area contributed by atoms with Crippen molar-refractivity contribution in [1.82, 2.24) is 14.8 Å². The van der Waals surface area contributed by atoms with Gasteiger partial charge in [0.2, 0.25) is 0 Å². The van der Waals surface area contributed by atoms with Crippen molar-refractivity contribution in [2.45, 2.75) is 26.5 Å². The lowest BCUT2D eigenvalue weighted by molar-refractivity contribution is -0.147. The molecule has 0 fully saturated rings. The first-order valence-corrected chi connectivity index (χ1v) is 6.58. The molecule has 21 heavy (non-hydrogen) atoms. The van der Waals surface area contributed by atoms with E-state index in [9.17, 15) is 4.79 Å². The van der Waals surface area contributed by atoms with E-state index in [0.29, 0.717) is 17.3 Å². The number of ether oxygens (including phenoxy) is 2. The first-order valence-electron chi connectivity index (χ1n) is 6.58. The van der Waals surface area contributed by atoms with E-state index < -0.39 is 5.97 Å². The quantitative estimate of drug-likeness (QED) is 0.641. The highest BCUT2D eigenvalue weighted by Gasteiger charge is 2.11. The number of aromatic nitrogens is 3. The van der Waals surface area contributed by atoms with Gasteiger partial charge in [0.25, 0.3) is 0 Å². The third-order valence-corrected chi connectivity index (χ3v) is 2.71. The Morgan fingerprint density at radius 1 is 1.43 bits per heavy atom. The van der Waals surface area contributed by atoms with Crippen molar-refractivity contribution in [3.8, 4) is 5.75 Å². The van der Waals surface area contributed by atoms with Gasteiger partial charge in [-0.15, -0.1) is 0 Å². The van der Waals surface area contributed by atoms with Gasteiger partial charge in [-0.05, 0) is 26.0 Å². The van der Waals surface area contributed by atoms with Crippen LogP contribution in [0, 0.1) is 0 Å². The van der Waals surface area contributed by atoms with Crippen LogP contribution in [0.5, 0.6) is 5.75 Å². The van der Waals surface area contributed by atoms with Crippen molar-refractivity contribution < 1.29 is 14.3 Å². The van der Waals surface area contributed by atoms with Gasteiger partial charge in [-0.2, -0.15) is 5.10 Å². The fourth-order valence-electron chi connectivity index (χ4n) is 1.74. The number of hydrogen-bond acceptors (Lipinski definition) is 6. The van der Waals surface area contributed by atoms with E-state index >= 15 is 0 Å². The summed E-state index contributed by atoms with van der Waals surface area (Å²) in [6.07, 6.45) is 1.44. The summed E-state index contributed by atoms with van der Waals surface area (Å²) >= 11 is 0. The third kappa shape index (κ3) is 4.20. The zero-order chi connectivity index (χ0) is 15.2. The highest BCUT2D eigenvalue weighted by Crippen LogP contribution is 2.14. The molecular weight excluding hydrogens is 272 g/mol. The summed E-state index contributed by atoms with van der Waals surface area (Å²) in [7, 11) is 0. The molecule has 0 spiro atoms. The Morgan fingerprint density at radius 3 is 2.95 bits per heavy atom. The van der Waals surface area contributed by atoms with Gasteiger partial charge in [-0.25, -0.2) is 14.5 Å². The van der Waals surface area contributed by atoms with E-state index in [2.05, 4.69) is 10.1 Å². The minimum absolute atomic E-state index is 0.0668. The van der Waals surface area contributed by atoms with E-state index in [1.54, 1.807) is 28.9 Å². The predicted molar refractivity (Wildman–Crippen MR) is 76.6 cm³/mol. The van der Waals surface area contributed by atoms with E-state index in [1.807, 2.05) is 13.8 Å². The fraction of sp³-hybridized carbons (Fsp3) is 0.357. The maximum Gasteiger partial charge on any atom is 0.344 e. The molecular formula is C14H18N4O3. The first kappa shape index (κ1) is 14.8. The molecule has 0 aliphatic heterocycles. The van der Waals surface area contributed by atoms with Crippen LogP contribution in [-0.2, 0) is 16.1 Å². The highest BCUT2D eigenvalue weighted by molar-refractivity contribution is 5.71. The molecule has 1 aromatic heterocycles. The lowest BCUT2D eigenvalue weighted by Crippen LogP contribution is -2.17. The minimum atomic E-state index is -0.476. The number of hydrogen-bond donors (Lipinski definition) is 1. The average Bonchev–Trinajstić information content (AvgIpc) is 2.91. The van der Waals surface area contributed by atoms with E-state index in [1.165, 1.54) is 6.33 Å². The maximum absolute atomic E-state index is 11.6. The summed E-state index contributed by atoms with van der Waals surface area (Å²) in [6.45, 7) is 3.84. The summed E-state index contributed by atoms with van der Waals surface area (Å²) in [5.41, 5.74) is 6.19. The van der Waals surface area contributed by atoms with E-state index in [-0.39, 0.29) is 19.3 Å². The van der Waals surface area contributed by atoms with Gasteiger partial charge in [0, 0.05) is 17.8 Å². The molecule has 2 aromatic rings. The first-order chi connectivity index (χ1) is 10.1. The number of nitrogen functional groups attached to an aromatic ring is 1. The monoisotopic (exact) mass is 290 g/mol. The largest absolute Gasteiger partial charge is 0.482 e. The molecule has 0 bridgehead atoms. The van der Waals surface area contributed by atoms with Crippen LogP contribution in [-0.4, -0.2) is 27.3 Å². The Balaban J connectivity index is 1.81. The van der Waals surface area contributed by atoms with Crippen LogP contribution in [0.2, 0.25) is 0 Å². The second-order valence-corrected chi connectivity index (χ2v) is 4.74. The molecule has 0 atom stereocenters. The van der Waals surface area contributed by atoms with E-state index in [4.69, 9.17) is 15.2 Å². The molecule has 0 amide bonds. The number of benzene rings is 1. The number of esters is 1. The molecule has 2 N–H and O–H groups in total. The minimum Gasteiger partial charge on any atom is -0.482 e. The van der Waals surface area contributed by atoms with Crippen LogP contribution < -0.4 is 10.5 Å². The van der Waals surface area contributed by atoms with Crippen LogP contribution in [0.15, 0.2) is 30.6 Å². The van der Waals surface area contributed by atoms with Crippen LogP contribution in [0.1, 0.15) is 25.7 Å². The van der Waals surface area contributed by atoms with Gasteiger partial charge >= 0.3 is 5.97 Å². The normalized spacial score (nSPS) is 10.6. The average molecular weight is 290 g/mol. The van der Waals surface area contributed by atoms with Gasteiger partial charge in [0.05, 0.1) is 0 Å². The molecule has 0 unspecified atom stereocenters. The Morgan fingerprint density at radius 2 is 2.24 bits per heavy atom. The number of carbonyl (C=O) groups is 1. The van der Waals surface area contributed by atoms with Crippen LogP contribution in [0.4, 0.5) is 5.69 Å². The van der Waals surface area contributed by atoms with Crippen LogP contribution in [0.3, 0.4) is 0 Å². The van der Waals surface area contributed by atoms with Gasteiger partial charge in [0.15, 0.2) is 19.0 Å². The van der Waals surface area contributed by atoms with Crippen molar-refractivity contribution in [3.63, 3.8) is 0 Å². The number of carbonyl (C=O) groups excluding carboxylic acids is 1. The van der Waals surface area contributed by atoms with Crippen molar-refractivity contribution in [2.24, 2.45) is 0 Å². The molecule has 112 valence electrons. The zero-order valence-corrected chi connectivity index (χ0v) is 12.0. The lowest BCUT2D eigenvalue weighted by Gasteiger charge is -2.10. The Hall–Kier alpha value is -2.57. The molecule has 7 heteroatoms. The summed E-state index contributed by atoms with van der Waals surface area (Å²) in [5, 5.41) is 4.07. The molecule has 0 saturated carbocycles. The summed E-state index contributed by atoms with van der Waals surface area (Å²) in [5.74, 6) is 0.648. The maximum atomic E-state index is 11.6. The van der Waals surface area contributed by atoms with Gasteiger partial charge < -0.3 is 15.2 Å². The van der Waals surface area contributed by atoms with Gasteiger partial charge in [-0.1, -0.05) is 6.07 Å². The number of nitrogens with zero attached hydrogens (tertiary/aromatic N) is 3. The van der Waals surface area contributed by atoms with Gasteiger partial charge in [0.1, 0.15) is 12.1 Å². The smallest absolute Gasteiger partial charge is 0.344 e. The molecule has 1 heterocycles. The summed E-state index contributed by atoms with van der Waals surface area (Å²) in [6, 6.07) is 7.01. The van der Waals surface area contributed by atoms with Crippen molar-refractivity contribution >= 4 is 11.7 Å². The Kier molecular flexibility index (Phi) is 4.76. The molecule has 0 aliphatic rings. The van der Waals surface area contributed by atoms with E-state index in [0.717, 1.165) is 0 Å². The van der Waals surface area contributed by atoms with Crippen molar-refractivity contribution in [1.29, 1.82) is 0 Å². The Labute approximate surface area is 122 Å². The fourth-order valence-corrected chi connectivity index (χ4v) is 1.74. The van der Waals surface area contributed by atoms with Crippen molar-refractivity contribution in [3.05, 3.63) is 36.4 Å². The molecule has 0 aliphatic carbocycles. The number of nitrogens with two attached hydrogens (primary N) is 1. The van der Waals surface area contributed by atoms with Crippen molar-refractivity contribution in [2.75, 3.05) is 12.3 Å². The molecule has 7 nitrogen and oxygen atoms in total. The second kappa shape index (κ2) is 6.74. The summed E-state index contributed by atoms with van der Waals surface area (Å²) < 4.78 is 12.1. The third-order valence-electron chi connectivity index (χ3n) is 2.71. The van der Waals surface area contributed by atoms with Gasteiger partial charge in [-0.3, -0.25) is 0 Å². The number of anilines is 1. The molecule has 2 rings (SSSR count). The lowest BCUT2D eigenvalue weighted by atomic mass is 10.3. The topological polar surface area (TPSA) is 92.3 Å². The summed E-state index contributed by atoms with van der Waals surface area (Å²) in [4.78, 5) is 15.7. The standard InChI is InChI=1S/C14H18N4O3/c1-10(2)18-13(16-9-17-18)7-21-14(19)8-20-12-5-3-4-11(15)6-12/h3-6,9-10H,7-8,15H2,1-2H3. The predicted octanol–water partition coefficient (Wildman–Crippen LogP) is 1.56. The Bertz CT molecular complexity index is 610. The molecule has 0 saturated heterocycles. The zero-order valence-electron chi connectivity index (χ0n) is 12.0. The molecule has 1 aromatic carbocycles. The SMILES string of the molecule is CC(C)n1ncnc1COC(=O)COc1cccc(N)c1. The highest BCUT2D eigenvalue weighted by atomic mass is 16.6.